The third kappa shape index (κ3) is 5.95. The molecule has 0 saturated carbocycles. The summed E-state index contributed by atoms with van der Waals surface area (Å²) < 4.78 is 13.3. The summed E-state index contributed by atoms with van der Waals surface area (Å²) in [5.41, 5.74) is 8.09. The first-order valence-corrected chi connectivity index (χ1v) is 12.3. The van der Waals surface area contributed by atoms with Gasteiger partial charge in [0, 0.05) is 68.2 Å². The SMILES string of the molecule is CC(=O)n1cc(CCOc2cc(N3CCOCC3)cc(NN=Cc3cccc(C)c3)n2)c2cnccc21. The van der Waals surface area contributed by atoms with Crippen molar-refractivity contribution in [2.75, 3.05) is 43.2 Å². The molecule has 0 spiro atoms. The predicted octanol–water partition coefficient (Wildman–Crippen LogP) is 4.30. The van der Waals surface area contributed by atoms with Crippen LogP contribution < -0.4 is 15.1 Å². The zero-order valence-corrected chi connectivity index (χ0v) is 21.1. The second kappa shape index (κ2) is 11.2. The number of rotatable bonds is 8. The van der Waals surface area contributed by atoms with Crippen LogP contribution in [0.5, 0.6) is 5.88 Å². The van der Waals surface area contributed by atoms with Crippen molar-refractivity contribution in [2.45, 2.75) is 20.3 Å². The topological polar surface area (TPSA) is 93.9 Å². The number of carbonyl (C=O) groups excluding carboxylic acids is 1. The molecule has 0 bridgehead atoms. The number of benzene rings is 1. The van der Waals surface area contributed by atoms with E-state index >= 15 is 0 Å². The first-order valence-electron chi connectivity index (χ1n) is 12.3. The van der Waals surface area contributed by atoms with Crippen LogP contribution in [0.3, 0.4) is 0 Å². The molecule has 9 heteroatoms. The molecule has 1 fully saturated rings. The lowest BCUT2D eigenvalue weighted by molar-refractivity contribution is 0.0941. The van der Waals surface area contributed by atoms with E-state index < -0.39 is 0 Å². The van der Waals surface area contributed by atoms with Gasteiger partial charge < -0.3 is 14.4 Å². The van der Waals surface area contributed by atoms with Gasteiger partial charge in [-0.25, -0.2) is 0 Å². The van der Waals surface area contributed by atoms with Gasteiger partial charge in [0.1, 0.15) is 0 Å². The number of hydrogen-bond acceptors (Lipinski definition) is 8. The Morgan fingerprint density at radius 3 is 2.89 bits per heavy atom. The fourth-order valence-electron chi connectivity index (χ4n) is 4.42. The van der Waals surface area contributed by atoms with Gasteiger partial charge in [-0.1, -0.05) is 29.8 Å². The molecule has 1 aliphatic rings. The van der Waals surface area contributed by atoms with Gasteiger partial charge >= 0.3 is 0 Å². The van der Waals surface area contributed by atoms with E-state index in [0.717, 1.165) is 40.8 Å². The maximum Gasteiger partial charge on any atom is 0.227 e. The van der Waals surface area contributed by atoms with E-state index in [1.807, 2.05) is 36.5 Å². The van der Waals surface area contributed by atoms with E-state index in [2.05, 4.69) is 44.5 Å². The largest absolute Gasteiger partial charge is 0.477 e. The molecule has 4 aromatic rings. The van der Waals surface area contributed by atoms with E-state index in [1.54, 1.807) is 30.1 Å². The molecule has 3 aromatic heterocycles. The summed E-state index contributed by atoms with van der Waals surface area (Å²) in [6, 6.07) is 13.9. The minimum Gasteiger partial charge on any atom is -0.477 e. The highest BCUT2D eigenvalue weighted by Gasteiger charge is 2.15. The number of carbonyl (C=O) groups is 1. The van der Waals surface area contributed by atoms with Gasteiger partial charge in [-0.05, 0) is 24.1 Å². The summed E-state index contributed by atoms with van der Waals surface area (Å²) in [6.07, 6.45) is 7.73. The standard InChI is InChI=1S/C28H30N6O3/c1-20-4-3-5-22(14-20)17-30-32-27-15-24(33-9-12-36-13-10-33)16-28(31-27)37-11-7-23-19-34(21(2)35)26-6-8-29-18-25(23)26/h3-6,8,14-19H,7,9-13H2,1-2H3,(H,31,32). The Morgan fingerprint density at radius 2 is 2.08 bits per heavy atom. The Hall–Kier alpha value is -4.24. The number of hydrogen-bond donors (Lipinski definition) is 1. The van der Waals surface area contributed by atoms with Crippen molar-refractivity contribution < 1.29 is 14.3 Å². The zero-order chi connectivity index (χ0) is 25.6. The molecule has 37 heavy (non-hydrogen) atoms. The molecule has 190 valence electrons. The van der Waals surface area contributed by atoms with Gasteiger partial charge in [-0.2, -0.15) is 10.1 Å². The third-order valence-electron chi connectivity index (χ3n) is 6.25. The molecular weight excluding hydrogens is 468 g/mol. The molecular formula is C28H30N6O3. The van der Waals surface area contributed by atoms with Crippen LogP contribution in [0.25, 0.3) is 10.9 Å². The number of aromatic nitrogens is 3. The van der Waals surface area contributed by atoms with Gasteiger partial charge in [0.15, 0.2) is 5.82 Å². The number of fused-ring (bicyclic) bond motifs is 1. The summed E-state index contributed by atoms with van der Waals surface area (Å²) in [5.74, 6) is 1.07. The number of nitrogens with zero attached hydrogens (tertiary/aromatic N) is 5. The van der Waals surface area contributed by atoms with Crippen LogP contribution in [0.2, 0.25) is 0 Å². The number of aryl methyl sites for hydroxylation is 1. The average Bonchev–Trinajstić information content (AvgIpc) is 3.28. The molecule has 0 unspecified atom stereocenters. The first kappa shape index (κ1) is 24.5. The molecule has 1 N–H and O–H groups in total. The number of ether oxygens (including phenoxy) is 2. The summed E-state index contributed by atoms with van der Waals surface area (Å²) in [7, 11) is 0. The predicted molar refractivity (Wildman–Crippen MR) is 145 cm³/mol. The van der Waals surface area contributed by atoms with Crippen LogP contribution in [0, 0.1) is 6.92 Å². The summed E-state index contributed by atoms with van der Waals surface area (Å²) in [4.78, 5) is 23.2. The Kier molecular flexibility index (Phi) is 7.41. The highest BCUT2D eigenvalue weighted by Crippen LogP contribution is 2.26. The fourth-order valence-corrected chi connectivity index (χ4v) is 4.42. The van der Waals surface area contributed by atoms with Crippen LogP contribution in [-0.4, -0.2) is 59.6 Å². The molecule has 5 rings (SSSR count). The quantitative estimate of drug-likeness (QED) is 0.286. The minimum absolute atomic E-state index is 0.0369. The molecule has 1 saturated heterocycles. The lowest BCUT2D eigenvalue weighted by Gasteiger charge is -2.29. The summed E-state index contributed by atoms with van der Waals surface area (Å²) in [6.45, 7) is 6.97. The van der Waals surface area contributed by atoms with Crippen molar-refractivity contribution in [1.29, 1.82) is 0 Å². The summed E-state index contributed by atoms with van der Waals surface area (Å²) in [5, 5.41) is 5.33. The van der Waals surface area contributed by atoms with Gasteiger partial charge in [-0.3, -0.25) is 19.8 Å². The third-order valence-corrected chi connectivity index (χ3v) is 6.25. The number of anilines is 2. The Labute approximate surface area is 215 Å². The van der Waals surface area contributed by atoms with Gasteiger partial charge in [0.25, 0.3) is 0 Å². The normalized spacial score (nSPS) is 13.8. The lowest BCUT2D eigenvalue weighted by atomic mass is 10.2. The Bertz CT molecular complexity index is 1420. The number of morpholine rings is 1. The van der Waals surface area contributed by atoms with Crippen LogP contribution in [0.4, 0.5) is 11.5 Å². The number of nitrogens with one attached hydrogen (secondary N) is 1. The fraction of sp³-hybridized carbons (Fsp3) is 0.286. The smallest absolute Gasteiger partial charge is 0.227 e. The van der Waals surface area contributed by atoms with E-state index in [0.29, 0.717) is 37.9 Å². The maximum atomic E-state index is 12.1. The van der Waals surface area contributed by atoms with Crippen LogP contribution in [0.1, 0.15) is 28.4 Å². The van der Waals surface area contributed by atoms with E-state index in [-0.39, 0.29) is 5.91 Å². The van der Waals surface area contributed by atoms with E-state index in [4.69, 9.17) is 9.47 Å². The van der Waals surface area contributed by atoms with Gasteiger partial charge in [0.2, 0.25) is 11.8 Å². The molecule has 0 amide bonds. The molecule has 1 aliphatic heterocycles. The van der Waals surface area contributed by atoms with Gasteiger partial charge in [0.05, 0.1) is 31.6 Å². The van der Waals surface area contributed by atoms with E-state index in [1.165, 1.54) is 5.56 Å². The Morgan fingerprint density at radius 1 is 1.22 bits per heavy atom. The lowest BCUT2D eigenvalue weighted by Crippen LogP contribution is -2.36. The van der Waals surface area contributed by atoms with Crippen molar-refractivity contribution in [3.63, 3.8) is 0 Å². The zero-order valence-electron chi connectivity index (χ0n) is 21.1. The molecule has 0 atom stereocenters. The number of hydrazone groups is 1. The average molecular weight is 499 g/mol. The maximum absolute atomic E-state index is 12.1. The van der Waals surface area contributed by atoms with Crippen molar-refractivity contribution in [2.24, 2.45) is 5.10 Å². The monoisotopic (exact) mass is 498 g/mol. The highest BCUT2D eigenvalue weighted by molar-refractivity contribution is 5.93. The highest BCUT2D eigenvalue weighted by atomic mass is 16.5. The second-order valence-electron chi connectivity index (χ2n) is 8.97. The van der Waals surface area contributed by atoms with Crippen LogP contribution in [0.15, 0.2) is 66.2 Å². The Balaban J connectivity index is 1.33. The van der Waals surface area contributed by atoms with Crippen molar-refractivity contribution in [3.8, 4) is 5.88 Å². The molecule has 1 aromatic carbocycles. The number of pyridine rings is 2. The van der Waals surface area contributed by atoms with Gasteiger partial charge in [-0.15, -0.1) is 0 Å². The minimum atomic E-state index is -0.0369. The molecule has 0 radical (unpaired) electrons. The van der Waals surface area contributed by atoms with Crippen LogP contribution >= 0.6 is 0 Å². The molecule has 4 heterocycles. The second-order valence-corrected chi connectivity index (χ2v) is 8.97. The van der Waals surface area contributed by atoms with E-state index in [9.17, 15) is 4.79 Å². The first-order chi connectivity index (χ1) is 18.1. The van der Waals surface area contributed by atoms with Crippen molar-refractivity contribution >= 4 is 34.5 Å². The van der Waals surface area contributed by atoms with Crippen molar-refractivity contribution in [3.05, 3.63) is 77.7 Å². The van der Waals surface area contributed by atoms with Crippen molar-refractivity contribution in [1.82, 2.24) is 14.5 Å². The summed E-state index contributed by atoms with van der Waals surface area (Å²) >= 11 is 0. The van der Waals surface area contributed by atoms with Crippen LogP contribution in [-0.2, 0) is 11.2 Å². The molecule has 0 aliphatic carbocycles. The molecule has 9 nitrogen and oxygen atoms in total.